The summed E-state index contributed by atoms with van der Waals surface area (Å²) in [5.41, 5.74) is 1.27. The fraction of sp³-hybridized carbons (Fsp3) is 0.647. The van der Waals surface area contributed by atoms with E-state index in [0.29, 0.717) is 11.8 Å². The van der Waals surface area contributed by atoms with Gasteiger partial charge in [-0.2, -0.15) is 0 Å². The second-order valence-corrected chi connectivity index (χ2v) is 5.85. The van der Waals surface area contributed by atoms with Gasteiger partial charge in [-0.15, -0.1) is 0 Å². The molecular formula is C17H29NO2. The molecule has 114 valence electrons. The molecule has 0 radical (unpaired) electrons. The number of nitrogens with one attached hydrogen (secondary N) is 1. The van der Waals surface area contributed by atoms with Crippen LogP contribution in [0.1, 0.15) is 45.6 Å². The summed E-state index contributed by atoms with van der Waals surface area (Å²) in [7, 11) is 0. The molecule has 20 heavy (non-hydrogen) atoms. The number of aryl methyl sites for hydroxylation is 1. The van der Waals surface area contributed by atoms with Crippen LogP contribution in [0.25, 0.3) is 0 Å². The number of hydrogen-bond donors (Lipinski definition) is 3. The third kappa shape index (κ3) is 5.14. The van der Waals surface area contributed by atoms with E-state index in [1.54, 1.807) is 12.1 Å². The number of rotatable bonds is 9. The van der Waals surface area contributed by atoms with Crippen molar-refractivity contribution in [2.24, 2.45) is 5.41 Å². The van der Waals surface area contributed by atoms with E-state index in [4.69, 9.17) is 0 Å². The SMILES string of the molecule is CCC(CC)(CO)CNC(C)CCc1ccc(O)cc1. The predicted molar refractivity (Wildman–Crippen MR) is 84.0 cm³/mol. The van der Waals surface area contributed by atoms with Gasteiger partial charge < -0.3 is 15.5 Å². The third-order valence-electron chi connectivity index (χ3n) is 4.46. The Morgan fingerprint density at radius 3 is 2.25 bits per heavy atom. The molecule has 0 aromatic heterocycles. The quantitative estimate of drug-likeness (QED) is 0.651. The minimum atomic E-state index is 0.0206. The van der Waals surface area contributed by atoms with Gasteiger partial charge in [0.05, 0.1) is 0 Å². The second-order valence-electron chi connectivity index (χ2n) is 5.85. The maximum Gasteiger partial charge on any atom is 0.115 e. The van der Waals surface area contributed by atoms with Gasteiger partial charge in [0.1, 0.15) is 5.75 Å². The Balaban J connectivity index is 2.36. The van der Waals surface area contributed by atoms with Crippen LogP contribution in [0.5, 0.6) is 5.75 Å². The lowest BCUT2D eigenvalue weighted by Crippen LogP contribution is -2.40. The van der Waals surface area contributed by atoms with Crippen molar-refractivity contribution in [2.45, 2.75) is 52.5 Å². The monoisotopic (exact) mass is 279 g/mol. The van der Waals surface area contributed by atoms with Crippen molar-refractivity contribution in [1.82, 2.24) is 5.32 Å². The van der Waals surface area contributed by atoms with E-state index in [1.165, 1.54) is 5.56 Å². The molecule has 3 nitrogen and oxygen atoms in total. The zero-order valence-electron chi connectivity index (χ0n) is 13.0. The van der Waals surface area contributed by atoms with Gasteiger partial charge in [-0.3, -0.25) is 0 Å². The molecule has 0 aliphatic rings. The average molecular weight is 279 g/mol. The summed E-state index contributed by atoms with van der Waals surface area (Å²) in [6.07, 6.45) is 4.05. The van der Waals surface area contributed by atoms with Crippen molar-refractivity contribution in [1.29, 1.82) is 0 Å². The van der Waals surface area contributed by atoms with Crippen LogP contribution >= 0.6 is 0 Å². The highest BCUT2D eigenvalue weighted by atomic mass is 16.3. The fourth-order valence-corrected chi connectivity index (χ4v) is 2.32. The van der Waals surface area contributed by atoms with Crippen LogP contribution in [-0.4, -0.2) is 29.4 Å². The van der Waals surface area contributed by atoms with Gasteiger partial charge in [-0.25, -0.2) is 0 Å². The van der Waals surface area contributed by atoms with E-state index in [1.807, 2.05) is 12.1 Å². The molecule has 0 bridgehead atoms. The highest BCUT2D eigenvalue weighted by molar-refractivity contribution is 5.25. The Bertz CT molecular complexity index is 363. The molecular weight excluding hydrogens is 250 g/mol. The zero-order chi connectivity index (χ0) is 15.0. The summed E-state index contributed by atoms with van der Waals surface area (Å²) in [5.74, 6) is 0.318. The van der Waals surface area contributed by atoms with Crippen molar-refractivity contribution in [3.05, 3.63) is 29.8 Å². The molecule has 0 aliphatic heterocycles. The molecule has 0 saturated heterocycles. The summed E-state index contributed by atoms with van der Waals surface area (Å²) < 4.78 is 0. The first-order valence-electron chi connectivity index (χ1n) is 7.67. The lowest BCUT2D eigenvalue weighted by molar-refractivity contribution is 0.110. The van der Waals surface area contributed by atoms with E-state index in [0.717, 1.165) is 32.2 Å². The standard InChI is InChI=1S/C17H29NO2/c1-4-17(5-2,13-19)12-18-14(3)6-7-15-8-10-16(20)11-9-15/h8-11,14,18-20H,4-7,12-13H2,1-3H3. The molecule has 1 aromatic rings. The van der Waals surface area contributed by atoms with Crippen molar-refractivity contribution in [2.75, 3.05) is 13.2 Å². The number of aromatic hydroxyl groups is 1. The van der Waals surface area contributed by atoms with Gasteiger partial charge in [0.25, 0.3) is 0 Å². The molecule has 0 aliphatic carbocycles. The molecule has 0 amide bonds. The molecule has 0 fully saturated rings. The minimum Gasteiger partial charge on any atom is -0.508 e. The number of phenols is 1. The predicted octanol–water partition coefficient (Wildman–Crippen LogP) is 3.10. The number of aliphatic hydroxyl groups is 1. The van der Waals surface area contributed by atoms with Crippen LogP contribution in [0, 0.1) is 5.41 Å². The molecule has 0 saturated carbocycles. The topological polar surface area (TPSA) is 52.5 Å². The third-order valence-corrected chi connectivity index (χ3v) is 4.46. The highest BCUT2D eigenvalue weighted by Gasteiger charge is 2.25. The van der Waals surface area contributed by atoms with Gasteiger partial charge in [0.15, 0.2) is 0 Å². The first-order valence-corrected chi connectivity index (χ1v) is 7.67. The van der Waals surface area contributed by atoms with Crippen LogP contribution < -0.4 is 5.32 Å². The van der Waals surface area contributed by atoms with Gasteiger partial charge in [-0.05, 0) is 50.3 Å². The minimum absolute atomic E-state index is 0.0206. The Morgan fingerprint density at radius 1 is 1.15 bits per heavy atom. The van der Waals surface area contributed by atoms with Gasteiger partial charge in [0, 0.05) is 24.6 Å². The van der Waals surface area contributed by atoms with Gasteiger partial charge >= 0.3 is 0 Å². The summed E-state index contributed by atoms with van der Waals surface area (Å²) in [4.78, 5) is 0. The van der Waals surface area contributed by atoms with Crippen molar-refractivity contribution < 1.29 is 10.2 Å². The molecule has 3 heteroatoms. The molecule has 1 rings (SSSR count). The maximum absolute atomic E-state index is 9.56. The highest BCUT2D eigenvalue weighted by Crippen LogP contribution is 2.24. The number of phenolic OH excluding ortho intramolecular Hbond substituents is 1. The van der Waals surface area contributed by atoms with E-state index >= 15 is 0 Å². The van der Waals surface area contributed by atoms with Crippen LogP contribution in [-0.2, 0) is 6.42 Å². The smallest absolute Gasteiger partial charge is 0.115 e. The van der Waals surface area contributed by atoms with Crippen molar-refractivity contribution >= 4 is 0 Å². The van der Waals surface area contributed by atoms with E-state index in [2.05, 4.69) is 26.1 Å². The first kappa shape index (κ1) is 17.0. The van der Waals surface area contributed by atoms with E-state index in [9.17, 15) is 10.2 Å². The number of benzene rings is 1. The normalized spacial score (nSPS) is 13.4. The molecule has 1 atom stereocenters. The number of hydrogen-bond acceptors (Lipinski definition) is 3. The Morgan fingerprint density at radius 2 is 1.75 bits per heavy atom. The lowest BCUT2D eigenvalue weighted by atomic mass is 9.83. The zero-order valence-corrected chi connectivity index (χ0v) is 13.0. The van der Waals surface area contributed by atoms with Crippen LogP contribution in [0.2, 0.25) is 0 Å². The van der Waals surface area contributed by atoms with Crippen LogP contribution in [0.15, 0.2) is 24.3 Å². The molecule has 0 heterocycles. The maximum atomic E-state index is 9.56. The second kappa shape index (κ2) is 8.28. The Hall–Kier alpha value is -1.06. The summed E-state index contributed by atoms with van der Waals surface area (Å²) in [6.45, 7) is 7.59. The van der Waals surface area contributed by atoms with Crippen molar-refractivity contribution in [3.8, 4) is 5.75 Å². The lowest BCUT2D eigenvalue weighted by Gasteiger charge is -2.31. The summed E-state index contributed by atoms with van der Waals surface area (Å²) >= 11 is 0. The molecule has 3 N–H and O–H groups in total. The molecule has 0 spiro atoms. The first-order chi connectivity index (χ1) is 9.55. The molecule has 1 aromatic carbocycles. The molecule has 1 unspecified atom stereocenters. The number of aliphatic hydroxyl groups excluding tert-OH is 1. The van der Waals surface area contributed by atoms with Crippen molar-refractivity contribution in [3.63, 3.8) is 0 Å². The van der Waals surface area contributed by atoms with Crippen LogP contribution in [0.3, 0.4) is 0 Å². The van der Waals surface area contributed by atoms with Gasteiger partial charge in [-0.1, -0.05) is 26.0 Å². The average Bonchev–Trinajstić information content (AvgIpc) is 2.48. The Labute approximate surface area is 123 Å². The summed E-state index contributed by atoms with van der Waals surface area (Å²) in [6, 6.07) is 7.83. The van der Waals surface area contributed by atoms with Crippen LogP contribution in [0.4, 0.5) is 0 Å². The Kier molecular flexibility index (Phi) is 7.03. The van der Waals surface area contributed by atoms with Gasteiger partial charge in [0.2, 0.25) is 0 Å². The summed E-state index contributed by atoms with van der Waals surface area (Å²) in [5, 5.41) is 22.4. The fourth-order valence-electron chi connectivity index (χ4n) is 2.32. The van der Waals surface area contributed by atoms with E-state index in [-0.39, 0.29) is 12.0 Å². The van der Waals surface area contributed by atoms with E-state index < -0.39 is 0 Å². The largest absolute Gasteiger partial charge is 0.508 e.